The number of fused-ring (bicyclic) bond motifs is 1. The maximum Gasteiger partial charge on any atom is 0.176 e. The number of nitrogens with zero attached hydrogens (tertiary/aromatic N) is 2. The van der Waals surface area contributed by atoms with Gasteiger partial charge in [0.05, 0.1) is 6.54 Å². The van der Waals surface area contributed by atoms with E-state index in [-0.39, 0.29) is 11.6 Å². The highest BCUT2D eigenvalue weighted by atomic mass is 19.1. The monoisotopic (exact) mass is 290 g/mol. The zero-order valence-corrected chi connectivity index (χ0v) is 12.6. The number of benzene rings is 1. The molecule has 2 unspecified atom stereocenters. The Labute approximate surface area is 125 Å². The number of Topliss-reactive ketones (excluding diaryl/α,β-unsaturated/α-hetero) is 1. The number of hydrogen-bond acceptors (Lipinski definition) is 3. The molecule has 0 aliphatic carbocycles. The third-order valence-electron chi connectivity index (χ3n) is 4.94. The summed E-state index contributed by atoms with van der Waals surface area (Å²) in [5.74, 6) is 0.364. The second kappa shape index (κ2) is 6.24. The van der Waals surface area contributed by atoms with E-state index in [0.717, 1.165) is 19.5 Å². The molecule has 3 nitrogen and oxygen atoms in total. The first-order valence-corrected chi connectivity index (χ1v) is 7.85. The fourth-order valence-electron chi connectivity index (χ4n) is 3.83. The van der Waals surface area contributed by atoms with E-state index in [0.29, 0.717) is 24.1 Å². The molecule has 0 radical (unpaired) electrons. The molecule has 114 valence electrons. The lowest BCUT2D eigenvalue weighted by Gasteiger charge is -2.45. The summed E-state index contributed by atoms with van der Waals surface area (Å²) in [6.07, 6.45) is 3.65. The second-order valence-corrected chi connectivity index (χ2v) is 6.41. The molecule has 2 fully saturated rings. The number of piperidine rings is 2. The van der Waals surface area contributed by atoms with Gasteiger partial charge in [0.25, 0.3) is 0 Å². The van der Waals surface area contributed by atoms with Gasteiger partial charge in [-0.15, -0.1) is 0 Å². The van der Waals surface area contributed by atoms with Gasteiger partial charge in [-0.1, -0.05) is 12.1 Å². The highest BCUT2D eigenvalue weighted by Gasteiger charge is 2.34. The van der Waals surface area contributed by atoms with Gasteiger partial charge in [-0.05, 0) is 50.9 Å². The quantitative estimate of drug-likeness (QED) is 0.799. The molecular formula is C17H23FN2O. The van der Waals surface area contributed by atoms with Crippen LogP contribution in [-0.2, 0) is 0 Å². The largest absolute Gasteiger partial charge is 0.303 e. The zero-order valence-electron chi connectivity index (χ0n) is 12.6. The Bertz CT molecular complexity index is 519. The summed E-state index contributed by atoms with van der Waals surface area (Å²) in [5, 5.41) is 0. The summed E-state index contributed by atoms with van der Waals surface area (Å²) in [6.45, 7) is 3.57. The lowest BCUT2D eigenvalue weighted by molar-refractivity contribution is 0.0378. The second-order valence-electron chi connectivity index (χ2n) is 6.41. The minimum Gasteiger partial charge on any atom is -0.303 e. The molecule has 0 bridgehead atoms. The summed E-state index contributed by atoms with van der Waals surface area (Å²) in [4.78, 5) is 17.0. The van der Waals surface area contributed by atoms with Crippen molar-refractivity contribution >= 4 is 5.78 Å². The Morgan fingerprint density at radius 2 is 2.19 bits per heavy atom. The fourth-order valence-corrected chi connectivity index (χ4v) is 3.83. The van der Waals surface area contributed by atoms with E-state index < -0.39 is 0 Å². The van der Waals surface area contributed by atoms with E-state index in [1.165, 1.54) is 31.5 Å². The Hall–Kier alpha value is -1.26. The number of likely N-dealkylation sites (tertiary alicyclic amines) is 2. The van der Waals surface area contributed by atoms with E-state index >= 15 is 0 Å². The van der Waals surface area contributed by atoms with Crippen LogP contribution in [0.2, 0.25) is 0 Å². The van der Waals surface area contributed by atoms with Crippen molar-refractivity contribution in [2.75, 3.05) is 33.2 Å². The molecule has 2 aliphatic heterocycles. The third kappa shape index (κ3) is 3.33. The van der Waals surface area contributed by atoms with Crippen LogP contribution in [0.15, 0.2) is 24.3 Å². The van der Waals surface area contributed by atoms with E-state index in [9.17, 15) is 9.18 Å². The van der Waals surface area contributed by atoms with E-state index in [1.807, 2.05) is 0 Å². The van der Waals surface area contributed by atoms with E-state index in [4.69, 9.17) is 0 Å². The van der Waals surface area contributed by atoms with Gasteiger partial charge in [-0.2, -0.15) is 0 Å². The van der Waals surface area contributed by atoms with Crippen molar-refractivity contribution in [1.82, 2.24) is 9.80 Å². The van der Waals surface area contributed by atoms with Gasteiger partial charge in [0.1, 0.15) is 5.82 Å². The van der Waals surface area contributed by atoms with Gasteiger partial charge in [0.2, 0.25) is 0 Å². The highest BCUT2D eigenvalue weighted by molar-refractivity contribution is 5.97. The standard InChI is InChI=1S/C17H23FN2O/c1-19-8-3-5-14-11-20(9-7-16(14)19)12-17(21)13-4-2-6-15(18)10-13/h2,4,6,10,14,16H,3,5,7-9,11-12H2,1H3. The molecule has 21 heavy (non-hydrogen) atoms. The van der Waals surface area contributed by atoms with Crippen molar-refractivity contribution in [2.45, 2.75) is 25.3 Å². The van der Waals surface area contributed by atoms with E-state index in [1.54, 1.807) is 12.1 Å². The van der Waals surface area contributed by atoms with Crippen LogP contribution < -0.4 is 0 Å². The molecular weight excluding hydrogens is 267 g/mol. The summed E-state index contributed by atoms with van der Waals surface area (Å²) < 4.78 is 13.2. The Kier molecular flexibility index (Phi) is 4.36. The van der Waals surface area contributed by atoms with Gasteiger partial charge in [0, 0.05) is 24.7 Å². The van der Waals surface area contributed by atoms with Gasteiger partial charge < -0.3 is 4.90 Å². The molecule has 2 atom stereocenters. The zero-order chi connectivity index (χ0) is 14.8. The maximum absolute atomic E-state index is 13.2. The Morgan fingerprint density at radius 1 is 1.33 bits per heavy atom. The average molecular weight is 290 g/mol. The van der Waals surface area contributed by atoms with Crippen LogP contribution in [0.3, 0.4) is 0 Å². The van der Waals surface area contributed by atoms with Crippen molar-refractivity contribution < 1.29 is 9.18 Å². The smallest absolute Gasteiger partial charge is 0.176 e. The summed E-state index contributed by atoms with van der Waals surface area (Å²) in [7, 11) is 2.21. The molecule has 1 aromatic carbocycles. The van der Waals surface area contributed by atoms with Crippen LogP contribution in [-0.4, -0.2) is 54.9 Å². The molecule has 0 saturated carbocycles. The number of carbonyl (C=O) groups is 1. The normalized spacial score (nSPS) is 27.3. The van der Waals surface area contributed by atoms with Crippen molar-refractivity contribution in [1.29, 1.82) is 0 Å². The molecule has 4 heteroatoms. The van der Waals surface area contributed by atoms with Gasteiger partial charge in [0.15, 0.2) is 5.78 Å². The fraction of sp³-hybridized carbons (Fsp3) is 0.588. The van der Waals surface area contributed by atoms with Crippen LogP contribution in [0, 0.1) is 11.7 Å². The van der Waals surface area contributed by atoms with Gasteiger partial charge in [-0.3, -0.25) is 9.69 Å². The minimum atomic E-state index is -0.339. The SMILES string of the molecule is CN1CCCC2CN(CC(=O)c3cccc(F)c3)CCC21. The lowest BCUT2D eigenvalue weighted by atomic mass is 9.84. The van der Waals surface area contributed by atoms with E-state index in [2.05, 4.69) is 16.8 Å². The number of hydrogen-bond donors (Lipinski definition) is 0. The minimum absolute atomic E-state index is 0.0251. The van der Waals surface area contributed by atoms with Crippen LogP contribution in [0.25, 0.3) is 0 Å². The molecule has 0 amide bonds. The first-order valence-electron chi connectivity index (χ1n) is 7.85. The number of halogens is 1. The Morgan fingerprint density at radius 3 is 3.00 bits per heavy atom. The molecule has 0 N–H and O–H groups in total. The molecule has 0 spiro atoms. The van der Waals surface area contributed by atoms with Crippen molar-refractivity contribution in [3.8, 4) is 0 Å². The number of carbonyl (C=O) groups excluding carboxylic acids is 1. The number of rotatable bonds is 3. The van der Waals surface area contributed by atoms with Crippen molar-refractivity contribution in [3.05, 3.63) is 35.6 Å². The average Bonchev–Trinajstić information content (AvgIpc) is 2.47. The first kappa shape index (κ1) is 14.7. The predicted octanol–water partition coefficient (Wildman–Crippen LogP) is 2.42. The molecule has 3 rings (SSSR count). The predicted molar refractivity (Wildman–Crippen MR) is 80.9 cm³/mol. The van der Waals surface area contributed by atoms with Crippen LogP contribution in [0.4, 0.5) is 4.39 Å². The highest BCUT2D eigenvalue weighted by Crippen LogP contribution is 2.29. The van der Waals surface area contributed by atoms with Gasteiger partial charge in [-0.25, -0.2) is 4.39 Å². The molecule has 1 aromatic rings. The summed E-state index contributed by atoms with van der Waals surface area (Å²) >= 11 is 0. The Balaban J connectivity index is 1.60. The number of ketones is 1. The molecule has 0 aromatic heterocycles. The molecule has 2 saturated heterocycles. The van der Waals surface area contributed by atoms with Crippen LogP contribution in [0.1, 0.15) is 29.6 Å². The lowest BCUT2D eigenvalue weighted by Crippen LogP contribution is -2.53. The first-order chi connectivity index (χ1) is 10.1. The topological polar surface area (TPSA) is 23.6 Å². The molecule has 2 heterocycles. The summed E-state index contributed by atoms with van der Waals surface area (Å²) in [5.41, 5.74) is 0.484. The van der Waals surface area contributed by atoms with Crippen LogP contribution >= 0.6 is 0 Å². The van der Waals surface area contributed by atoms with Crippen LogP contribution in [0.5, 0.6) is 0 Å². The van der Waals surface area contributed by atoms with Gasteiger partial charge >= 0.3 is 0 Å². The third-order valence-corrected chi connectivity index (χ3v) is 4.94. The molecule has 2 aliphatic rings. The van der Waals surface area contributed by atoms with Crippen molar-refractivity contribution in [2.24, 2.45) is 5.92 Å². The van der Waals surface area contributed by atoms with Crippen molar-refractivity contribution in [3.63, 3.8) is 0 Å². The maximum atomic E-state index is 13.2. The summed E-state index contributed by atoms with van der Waals surface area (Å²) in [6, 6.07) is 6.69.